The summed E-state index contributed by atoms with van der Waals surface area (Å²) in [6.45, 7) is 0.859. The Hall–Kier alpha value is -1.42. The molecule has 3 nitrogen and oxygen atoms in total. The second kappa shape index (κ2) is 4.45. The molecule has 1 heterocycles. The fraction of sp³-hybridized carbons (Fsp3) is 0.462. The fourth-order valence-corrected chi connectivity index (χ4v) is 2.62. The number of halogens is 1. The normalized spacial score (nSPS) is 25.1. The van der Waals surface area contributed by atoms with Crippen LogP contribution in [0.2, 0.25) is 0 Å². The second-order valence-electron chi connectivity index (χ2n) is 4.73. The van der Waals surface area contributed by atoms with Gasteiger partial charge in [-0.1, -0.05) is 12.1 Å². The SMILES string of the molecule is CN1CCCC1(Cc1cccc(F)c1)C(N)=O. The lowest BCUT2D eigenvalue weighted by molar-refractivity contribution is -0.127. The van der Waals surface area contributed by atoms with Gasteiger partial charge in [0.15, 0.2) is 0 Å². The summed E-state index contributed by atoms with van der Waals surface area (Å²) in [6.07, 6.45) is 2.18. The van der Waals surface area contributed by atoms with Crippen LogP contribution in [-0.2, 0) is 11.2 Å². The third-order valence-electron chi connectivity index (χ3n) is 3.66. The van der Waals surface area contributed by atoms with Crippen LogP contribution in [0.3, 0.4) is 0 Å². The molecule has 1 aromatic rings. The van der Waals surface area contributed by atoms with Crippen LogP contribution in [0, 0.1) is 5.82 Å². The summed E-state index contributed by atoms with van der Waals surface area (Å²) >= 11 is 0. The van der Waals surface area contributed by atoms with Crippen molar-refractivity contribution in [3.8, 4) is 0 Å². The lowest BCUT2D eigenvalue weighted by Gasteiger charge is -2.33. The highest BCUT2D eigenvalue weighted by Gasteiger charge is 2.43. The van der Waals surface area contributed by atoms with Gasteiger partial charge in [0.2, 0.25) is 5.91 Å². The number of benzene rings is 1. The zero-order valence-electron chi connectivity index (χ0n) is 9.95. The first-order valence-corrected chi connectivity index (χ1v) is 5.80. The Balaban J connectivity index is 2.28. The Kier molecular flexibility index (Phi) is 3.15. The molecule has 0 aromatic heterocycles. The van der Waals surface area contributed by atoms with E-state index in [4.69, 9.17) is 5.73 Å². The number of amides is 1. The first kappa shape index (κ1) is 12.0. The van der Waals surface area contributed by atoms with E-state index in [-0.39, 0.29) is 11.7 Å². The molecule has 1 fully saturated rings. The standard InChI is InChI=1S/C13H17FN2O/c1-16-7-3-6-13(16,12(15)17)9-10-4-2-5-11(14)8-10/h2,4-5,8H,3,6-7,9H2,1H3,(H2,15,17). The smallest absolute Gasteiger partial charge is 0.238 e. The third kappa shape index (κ3) is 2.17. The van der Waals surface area contributed by atoms with Crippen molar-refractivity contribution >= 4 is 5.91 Å². The average molecular weight is 236 g/mol. The first-order chi connectivity index (χ1) is 8.04. The van der Waals surface area contributed by atoms with Crippen LogP contribution in [0.15, 0.2) is 24.3 Å². The number of hydrogen-bond acceptors (Lipinski definition) is 2. The van der Waals surface area contributed by atoms with Crippen molar-refractivity contribution in [3.63, 3.8) is 0 Å². The van der Waals surface area contributed by atoms with Crippen LogP contribution in [-0.4, -0.2) is 29.9 Å². The van der Waals surface area contributed by atoms with Crippen LogP contribution in [0.1, 0.15) is 18.4 Å². The molecule has 0 bridgehead atoms. The molecule has 2 rings (SSSR count). The Morgan fingerprint density at radius 2 is 2.35 bits per heavy atom. The van der Waals surface area contributed by atoms with Gasteiger partial charge in [-0.25, -0.2) is 4.39 Å². The highest BCUT2D eigenvalue weighted by molar-refractivity contribution is 5.85. The summed E-state index contributed by atoms with van der Waals surface area (Å²) in [6, 6.07) is 6.36. The molecule has 1 saturated heterocycles. The molecule has 1 aliphatic rings. The summed E-state index contributed by atoms with van der Waals surface area (Å²) in [4.78, 5) is 13.7. The van der Waals surface area contributed by atoms with Crippen molar-refractivity contribution in [2.45, 2.75) is 24.8 Å². The molecule has 0 saturated carbocycles. The van der Waals surface area contributed by atoms with E-state index in [1.54, 1.807) is 6.07 Å². The minimum absolute atomic E-state index is 0.275. The molecular formula is C13H17FN2O. The van der Waals surface area contributed by atoms with E-state index in [9.17, 15) is 9.18 Å². The maximum atomic E-state index is 13.1. The van der Waals surface area contributed by atoms with Gasteiger partial charge >= 0.3 is 0 Å². The molecule has 1 amide bonds. The van der Waals surface area contributed by atoms with Crippen molar-refractivity contribution in [1.29, 1.82) is 0 Å². The zero-order chi connectivity index (χ0) is 12.5. The van der Waals surface area contributed by atoms with Gasteiger partial charge in [0.1, 0.15) is 11.4 Å². The second-order valence-corrected chi connectivity index (χ2v) is 4.73. The number of nitrogens with zero attached hydrogens (tertiary/aromatic N) is 1. The van der Waals surface area contributed by atoms with Gasteiger partial charge < -0.3 is 5.73 Å². The van der Waals surface area contributed by atoms with Crippen molar-refractivity contribution in [3.05, 3.63) is 35.6 Å². The van der Waals surface area contributed by atoms with Crippen molar-refractivity contribution < 1.29 is 9.18 Å². The summed E-state index contributed by atoms with van der Waals surface area (Å²) in [5, 5.41) is 0. The Bertz CT molecular complexity index is 435. The Morgan fingerprint density at radius 3 is 2.88 bits per heavy atom. The molecule has 1 aromatic carbocycles. The van der Waals surface area contributed by atoms with Crippen LogP contribution < -0.4 is 5.73 Å². The molecule has 4 heteroatoms. The number of likely N-dealkylation sites (tertiary alicyclic amines) is 1. The molecule has 92 valence electrons. The molecule has 2 N–H and O–H groups in total. The molecule has 0 aliphatic carbocycles. The minimum atomic E-state index is -0.645. The number of likely N-dealkylation sites (N-methyl/N-ethyl adjacent to an activating group) is 1. The molecular weight excluding hydrogens is 219 g/mol. The lowest BCUT2D eigenvalue weighted by Crippen LogP contribution is -2.53. The van der Waals surface area contributed by atoms with E-state index < -0.39 is 5.54 Å². The predicted octanol–water partition coefficient (Wildman–Crippen LogP) is 1.32. The molecule has 17 heavy (non-hydrogen) atoms. The summed E-state index contributed by atoms with van der Waals surface area (Å²) < 4.78 is 13.1. The van der Waals surface area contributed by atoms with Crippen LogP contribution in [0.4, 0.5) is 4.39 Å². The maximum Gasteiger partial charge on any atom is 0.238 e. The summed E-state index contributed by atoms with van der Waals surface area (Å²) in [5.41, 5.74) is 5.71. The maximum absolute atomic E-state index is 13.1. The minimum Gasteiger partial charge on any atom is -0.368 e. The predicted molar refractivity (Wildman–Crippen MR) is 63.9 cm³/mol. The number of nitrogens with two attached hydrogens (primary N) is 1. The largest absolute Gasteiger partial charge is 0.368 e. The van der Waals surface area contributed by atoms with Gasteiger partial charge in [0.05, 0.1) is 0 Å². The van der Waals surface area contributed by atoms with Gasteiger partial charge in [0, 0.05) is 0 Å². The quantitative estimate of drug-likeness (QED) is 0.860. The topological polar surface area (TPSA) is 46.3 Å². The zero-order valence-corrected chi connectivity index (χ0v) is 9.95. The van der Waals surface area contributed by atoms with E-state index in [0.717, 1.165) is 24.9 Å². The Labute approximate surface area is 100 Å². The van der Waals surface area contributed by atoms with E-state index in [1.165, 1.54) is 12.1 Å². The number of hydrogen-bond donors (Lipinski definition) is 1. The van der Waals surface area contributed by atoms with E-state index >= 15 is 0 Å². The van der Waals surface area contributed by atoms with Crippen molar-refractivity contribution in [1.82, 2.24) is 4.90 Å². The molecule has 0 radical (unpaired) electrons. The first-order valence-electron chi connectivity index (χ1n) is 5.80. The van der Waals surface area contributed by atoms with Crippen LogP contribution in [0.5, 0.6) is 0 Å². The van der Waals surface area contributed by atoms with E-state index in [1.807, 2.05) is 18.0 Å². The van der Waals surface area contributed by atoms with Gasteiger partial charge in [-0.15, -0.1) is 0 Å². The van der Waals surface area contributed by atoms with E-state index in [2.05, 4.69) is 0 Å². The monoisotopic (exact) mass is 236 g/mol. The number of rotatable bonds is 3. The lowest BCUT2D eigenvalue weighted by atomic mass is 9.87. The molecule has 1 unspecified atom stereocenters. The van der Waals surface area contributed by atoms with Gasteiger partial charge in [0.25, 0.3) is 0 Å². The fourth-order valence-electron chi connectivity index (χ4n) is 2.62. The average Bonchev–Trinajstić information content (AvgIpc) is 2.61. The molecule has 1 aliphatic heterocycles. The highest BCUT2D eigenvalue weighted by atomic mass is 19.1. The highest BCUT2D eigenvalue weighted by Crippen LogP contribution is 2.31. The number of carbonyl (C=O) groups is 1. The molecule has 1 atom stereocenters. The molecule has 0 spiro atoms. The van der Waals surface area contributed by atoms with Crippen molar-refractivity contribution in [2.24, 2.45) is 5.73 Å². The van der Waals surface area contributed by atoms with Gasteiger partial charge in [-0.2, -0.15) is 0 Å². The Morgan fingerprint density at radius 1 is 1.59 bits per heavy atom. The number of primary amides is 1. The van der Waals surface area contributed by atoms with Crippen LogP contribution in [0.25, 0.3) is 0 Å². The third-order valence-corrected chi connectivity index (χ3v) is 3.66. The summed E-state index contributed by atoms with van der Waals surface area (Å²) in [5.74, 6) is -0.593. The van der Waals surface area contributed by atoms with Crippen molar-refractivity contribution in [2.75, 3.05) is 13.6 Å². The number of carbonyl (C=O) groups excluding carboxylic acids is 1. The van der Waals surface area contributed by atoms with E-state index in [0.29, 0.717) is 6.42 Å². The van der Waals surface area contributed by atoms with Gasteiger partial charge in [-0.3, -0.25) is 9.69 Å². The van der Waals surface area contributed by atoms with Gasteiger partial charge in [-0.05, 0) is 50.6 Å². The summed E-state index contributed by atoms with van der Waals surface area (Å²) in [7, 11) is 1.90. The van der Waals surface area contributed by atoms with Crippen LogP contribution >= 0.6 is 0 Å².